The molecule has 2 rings (SSSR count). The van der Waals surface area contributed by atoms with Crippen LogP contribution >= 0.6 is 27.3 Å². The number of halogens is 2. The van der Waals surface area contributed by atoms with Crippen molar-refractivity contribution in [3.8, 4) is 5.13 Å². The van der Waals surface area contributed by atoms with Crippen molar-refractivity contribution in [1.82, 2.24) is 19.3 Å². The highest BCUT2D eigenvalue weighted by Gasteiger charge is 2.32. The van der Waals surface area contributed by atoms with Gasteiger partial charge in [0.05, 0.1) is 22.9 Å². The van der Waals surface area contributed by atoms with Gasteiger partial charge in [-0.3, -0.25) is 0 Å². The van der Waals surface area contributed by atoms with Crippen molar-refractivity contribution in [2.45, 2.75) is 33.4 Å². The molecule has 25 heavy (non-hydrogen) atoms. The summed E-state index contributed by atoms with van der Waals surface area (Å²) in [6.45, 7) is 5.10. The molecule has 0 saturated carbocycles. The van der Waals surface area contributed by atoms with Crippen LogP contribution in [0.2, 0.25) is 0 Å². The molecule has 8 nitrogen and oxygen atoms in total. The standard InChI is InChI=1S/C14H17BrFN5O3S/c1-14(2,3)10(24-11(17)22)8(4-16)6-21-13(23)20(7-19-21)12-18-5-9(15)25-12/h4-5,7,10H,6H2,1-3H3,(H2,17,22). The average Bonchev–Trinajstić information content (AvgIpc) is 3.08. The topological polar surface area (TPSA) is 105 Å². The monoisotopic (exact) mass is 433 g/mol. The molecule has 0 aromatic carbocycles. The molecule has 0 aliphatic heterocycles. The number of aromatic nitrogens is 4. The summed E-state index contributed by atoms with van der Waals surface area (Å²) in [4.78, 5) is 27.7. The zero-order chi connectivity index (χ0) is 18.8. The first-order valence-electron chi connectivity index (χ1n) is 7.15. The van der Waals surface area contributed by atoms with E-state index >= 15 is 0 Å². The van der Waals surface area contributed by atoms with Gasteiger partial charge in [-0.25, -0.2) is 28.2 Å². The molecule has 2 aromatic rings. The summed E-state index contributed by atoms with van der Waals surface area (Å²) in [6.07, 6.45) is 1.20. The van der Waals surface area contributed by atoms with E-state index in [-0.39, 0.29) is 12.1 Å². The molecule has 2 heterocycles. The second kappa shape index (κ2) is 7.48. The summed E-state index contributed by atoms with van der Waals surface area (Å²) < 4.78 is 21.6. The summed E-state index contributed by atoms with van der Waals surface area (Å²) in [5.74, 6) is 0. The van der Waals surface area contributed by atoms with Gasteiger partial charge in [0, 0.05) is 11.0 Å². The fourth-order valence-electron chi connectivity index (χ4n) is 2.21. The molecule has 0 aliphatic rings. The third-order valence-electron chi connectivity index (χ3n) is 3.23. The minimum absolute atomic E-state index is 0.0685. The van der Waals surface area contributed by atoms with Crippen molar-refractivity contribution in [2.24, 2.45) is 11.1 Å². The quantitative estimate of drug-likeness (QED) is 0.779. The number of nitrogens with two attached hydrogens (primary N) is 1. The Labute approximate surface area is 155 Å². The lowest BCUT2D eigenvalue weighted by Crippen LogP contribution is -2.37. The summed E-state index contributed by atoms with van der Waals surface area (Å²) in [5.41, 5.74) is 4.03. The maximum absolute atomic E-state index is 13.5. The number of carbonyl (C=O) groups is 1. The van der Waals surface area contributed by atoms with Gasteiger partial charge in [-0.05, 0) is 15.9 Å². The van der Waals surface area contributed by atoms with Crippen molar-refractivity contribution < 1.29 is 13.9 Å². The zero-order valence-electron chi connectivity index (χ0n) is 13.8. The van der Waals surface area contributed by atoms with Crippen LogP contribution in [0.15, 0.2) is 33.0 Å². The minimum atomic E-state index is -1.02. The van der Waals surface area contributed by atoms with Gasteiger partial charge in [0.25, 0.3) is 0 Å². The van der Waals surface area contributed by atoms with Gasteiger partial charge in [-0.1, -0.05) is 32.1 Å². The highest BCUT2D eigenvalue weighted by atomic mass is 79.9. The minimum Gasteiger partial charge on any atom is -0.441 e. The average molecular weight is 434 g/mol. The fourth-order valence-corrected chi connectivity index (χ4v) is 3.35. The maximum Gasteiger partial charge on any atom is 0.405 e. The van der Waals surface area contributed by atoms with E-state index in [4.69, 9.17) is 10.5 Å². The number of nitrogens with zero attached hydrogens (tertiary/aromatic N) is 4. The van der Waals surface area contributed by atoms with E-state index in [0.717, 1.165) is 8.47 Å². The molecule has 1 atom stereocenters. The summed E-state index contributed by atoms with van der Waals surface area (Å²) in [5, 5.41) is 4.40. The van der Waals surface area contributed by atoms with Crippen molar-refractivity contribution in [2.75, 3.05) is 0 Å². The van der Waals surface area contributed by atoms with Gasteiger partial charge in [0.2, 0.25) is 0 Å². The largest absolute Gasteiger partial charge is 0.441 e. The highest BCUT2D eigenvalue weighted by Crippen LogP contribution is 2.29. The van der Waals surface area contributed by atoms with Crippen LogP contribution in [0.4, 0.5) is 9.18 Å². The van der Waals surface area contributed by atoms with Crippen molar-refractivity contribution in [3.05, 3.63) is 38.7 Å². The first kappa shape index (κ1) is 19.3. The maximum atomic E-state index is 13.5. The third kappa shape index (κ3) is 4.54. The molecule has 1 unspecified atom stereocenters. The van der Waals surface area contributed by atoms with Gasteiger partial charge in [-0.2, -0.15) is 5.10 Å². The van der Waals surface area contributed by atoms with Crippen LogP contribution in [-0.2, 0) is 11.3 Å². The van der Waals surface area contributed by atoms with Crippen molar-refractivity contribution in [3.63, 3.8) is 0 Å². The van der Waals surface area contributed by atoms with Crippen LogP contribution in [0.1, 0.15) is 20.8 Å². The summed E-state index contributed by atoms with van der Waals surface area (Å²) >= 11 is 4.52. The number of ether oxygens (including phenoxy) is 1. The van der Waals surface area contributed by atoms with Crippen molar-refractivity contribution in [1.29, 1.82) is 0 Å². The number of amides is 1. The zero-order valence-corrected chi connectivity index (χ0v) is 16.2. The lowest BCUT2D eigenvalue weighted by molar-refractivity contribution is 0.0566. The van der Waals surface area contributed by atoms with E-state index in [0.29, 0.717) is 11.5 Å². The Morgan fingerprint density at radius 3 is 2.72 bits per heavy atom. The van der Waals surface area contributed by atoms with Crippen LogP contribution in [-0.4, -0.2) is 31.5 Å². The smallest absolute Gasteiger partial charge is 0.405 e. The van der Waals surface area contributed by atoms with E-state index in [1.54, 1.807) is 27.0 Å². The van der Waals surface area contributed by atoms with Gasteiger partial charge >= 0.3 is 11.8 Å². The van der Waals surface area contributed by atoms with E-state index < -0.39 is 23.3 Å². The van der Waals surface area contributed by atoms with Gasteiger partial charge < -0.3 is 10.5 Å². The van der Waals surface area contributed by atoms with Gasteiger partial charge in [0.1, 0.15) is 12.4 Å². The Morgan fingerprint density at radius 1 is 1.56 bits per heavy atom. The molecule has 0 aliphatic carbocycles. The second-order valence-electron chi connectivity index (χ2n) is 6.26. The van der Waals surface area contributed by atoms with Crippen LogP contribution in [0.3, 0.4) is 0 Å². The van der Waals surface area contributed by atoms with Gasteiger partial charge in [-0.15, -0.1) is 0 Å². The molecule has 136 valence electrons. The molecular weight excluding hydrogens is 417 g/mol. The summed E-state index contributed by atoms with van der Waals surface area (Å²) in [7, 11) is 0. The molecule has 2 aromatic heterocycles. The van der Waals surface area contributed by atoms with Crippen molar-refractivity contribution >= 4 is 33.4 Å². The first-order chi connectivity index (χ1) is 11.6. The molecule has 11 heteroatoms. The Morgan fingerprint density at radius 2 is 2.24 bits per heavy atom. The second-order valence-corrected chi connectivity index (χ2v) is 8.64. The van der Waals surface area contributed by atoms with E-state index in [9.17, 15) is 14.0 Å². The van der Waals surface area contributed by atoms with Crippen LogP contribution in [0, 0.1) is 5.41 Å². The third-order valence-corrected chi connectivity index (χ3v) is 4.71. The predicted molar refractivity (Wildman–Crippen MR) is 94.3 cm³/mol. The van der Waals surface area contributed by atoms with Gasteiger partial charge in [0.15, 0.2) is 5.13 Å². The molecular formula is C14H17BrFN5O3S. The number of primary amides is 1. The number of hydrogen-bond acceptors (Lipinski definition) is 6. The SMILES string of the molecule is CC(C)(C)C(OC(N)=O)C(=CF)Cn1ncn(-c2ncc(Br)s2)c1=O. The number of hydrogen-bond donors (Lipinski definition) is 1. The molecule has 1 amide bonds. The molecule has 0 radical (unpaired) electrons. The van der Waals surface area contributed by atoms with E-state index in [1.165, 1.54) is 22.2 Å². The number of thiazole rings is 1. The Hall–Kier alpha value is -2.01. The Bertz CT molecular complexity index is 851. The van der Waals surface area contributed by atoms with E-state index in [1.807, 2.05) is 0 Å². The molecule has 0 spiro atoms. The number of rotatable bonds is 5. The Kier molecular flexibility index (Phi) is 5.78. The molecule has 2 N–H and O–H groups in total. The van der Waals surface area contributed by atoms with Crippen LogP contribution in [0.25, 0.3) is 5.13 Å². The molecule has 0 saturated heterocycles. The summed E-state index contributed by atoms with van der Waals surface area (Å²) in [6, 6.07) is 0. The number of carbonyl (C=O) groups excluding carboxylic acids is 1. The predicted octanol–water partition coefficient (Wildman–Crippen LogP) is 2.62. The molecule has 0 bridgehead atoms. The van der Waals surface area contributed by atoms with Crippen LogP contribution < -0.4 is 11.4 Å². The highest BCUT2D eigenvalue weighted by molar-refractivity contribution is 9.11. The first-order valence-corrected chi connectivity index (χ1v) is 8.76. The lowest BCUT2D eigenvalue weighted by atomic mass is 9.84. The molecule has 0 fully saturated rings. The lowest BCUT2D eigenvalue weighted by Gasteiger charge is -2.31. The van der Waals surface area contributed by atoms with Crippen LogP contribution in [0.5, 0.6) is 0 Å². The normalized spacial score (nSPS) is 13.7. The van der Waals surface area contributed by atoms with E-state index in [2.05, 4.69) is 26.0 Å². The fraction of sp³-hybridized carbons (Fsp3) is 0.429. The Balaban J connectivity index is 2.32.